The molecule has 1 N–H and O–H groups in total. The molecule has 0 aliphatic carbocycles. The number of aryl methyl sites for hydroxylation is 1. The fourth-order valence-corrected chi connectivity index (χ4v) is 3.69. The molecule has 0 aliphatic heterocycles. The van der Waals surface area contributed by atoms with Crippen LogP contribution in [0.2, 0.25) is 0 Å². The van der Waals surface area contributed by atoms with Gasteiger partial charge < -0.3 is 10.1 Å². The SMILES string of the molecule is CCOc1cccc(N(CC(=O)N[C@H](C)c2ccc(CC)cc2)S(C)(=O)=O)c1. The smallest absolute Gasteiger partial charge is 0.241 e. The lowest BCUT2D eigenvalue weighted by molar-refractivity contribution is -0.120. The first-order valence-corrected chi connectivity index (χ1v) is 11.2. The number of sulfonamides is 1. The molecule has 0 saturated heterocycles. The van der Waals surface area contributed by atoms with Gasteiger partial charge in [-0.1, -0.05) is 37.3 Å². The number of ether oxygens (including phenoxy) is 1. The van der Waals surface area contributed by atoms with Gasteiger partial charge in [0, 0.05) is 6.07 Å². The number of anilines is 1. The normalized spacial score (nSPS) is 12.3. The molecule has 0 spiro atoms. The maximum Gasteiger partial charge on any atom is 0.241 e. The fourth-order valence-electron chi connectivity index (χ4n) is 2.84. The number of rotatable bonds is 9. The zero-order valence-electron chi connectivity index (χ0n) is 16.8. The fraction of sp³-hybridized carbons (Fsp3) is 0.381. The van der Waals surface area contributed by atoms with Crippen molar-refractivity contribution >= 4 is 21.6 Å². The third-order valence-corrected chi connectivity index (χ3v) is 5.51. The van der Waals surface area contributed by atoms with Crippen molar-refractivity contribution in [3.8, 4) is 5.75 Å². The maximum atomic E-state index is 12.5. The Kier molecular flexibility index (Phi) is 7.45. The lowest BCUT2D eigenvalue weighted by atomic mass is 10.1. The molecule has 1 atom stereocenters. The Morgan fingerprint density at radius 2 is 1.82 bits per heavy atom. The standard InChI is InChI=1S/C21H28N2O4S/c1-5-17-10-12-18(13-11-17)16(3)22-21(24)15-23(28(4,25)26)19-8-7-9-20(14-19)27-6-2/h7-14,16H,5-6,15H2,1-4H3,(H,22,24)/t16-/m1/s1. The lowest BCUT2D eigenvalue weighted by Crippen LogP contribution is -2.41. The molecule has 2 aromatic carbocycles. The Labute approximate surface area is 167 Å². The molecular weight excluding hydrogens is 376 g/mol. The van der Waals surface area contributed by atoms with E-state index in [0.29, 0.717) is 18.0 Å². The van der Waals surface area contributed by atoms with Gasteiger partial charge in [0.2, 0.25) is 15.9 Å². The summed E-state index contributed by atoms with van der Waals surface area (Å²) in [7, 11) is -3.64. The van der Waals surface area contributed by atoms with Crippen LogP contribution in [0.5, 0.6) is 5.75 Å². The Bertz CT molecular complexity index is 895. The van der Waals surface area contributed by atoms with Crippen molar-refractivity contribution in [2.24, 2.45) is 0 Å². The highest BCUT2D eigenvalue weighted by Crippen LogP contribution is 2.23. The molecule has 28 heavy (non-hydrogen) atoms. The zero-order valence-corrected chi connectivity index (χ0v) is 17.6. The molecule has 2 aromatic rings. The summed E-state index contributed by atoms with van der Waals surface area (Å²) in [4.78, 5) is 12.5. The molecule has 0 heterocycles. The summed E-state index contributed by atoms with van der Waals surface area (Å²) >= 11 is 0. The number of amides is 1. The van der Waals surface area contributed by atoms with E-state index in [2.05, 4.69) is 12.2 Å². The predicted octanol–water partition coefficient (Wildman–Crippen LogP) is 3.29. The van der Waals surface area contributed by atoms with Gasteiger partial charge >= 0.3 is 0 Å². The van der Waals surface area contributed by atoms with Gasteiger partial charge in [0.1, 0.15) is 12.3 Å². The Morgan fingerprint density at radius 3 is 2.39 bits per heavy atom. The summed E-state index contributed by atoms with van der Waals surface area (Å²) in [6.45, 7) is 5.98. The summed E-state index contributed by atoms with van der Waals surface area (Å²) in [6, 6.07) is 14.5. The van der Waals surface area contributed by atoms with Gasteiger partial charge in [0.05, 0.1) is 24.6 Å². The minimum absolute atomic E-state index is 0.227. The highest BCUT2D eigenvalue weighted by Gasteiger charge is 2.22. The van der Waals surface area contributed by atoms with Gasteiger partial charge in [-0.15, -0.1) is 0 Å². The van der Waals surface area contributed by atoms with E-state index in [0.717, 1.165) is 22.5 Å². The Morgan fingerprint density at radius 1 is 1.14 bits per heavy atom. The minimum Gasteiger partial charge on any atom is -0.494 e. The van der Waals surface area contributed by atoms with Crippen LogP contribution < -0.4 is 14.4 Å². The summed E-state index contributed by atoms with van der Waals surface area (Å²) in [6.07, 6.45) is 2.03. The topological polar surface area (TPSA) is 75.7 Å². The molecular formula is C21H28N2O4S. The molecule has 0 saturated carbocycles. The zero-order chi connectivity index (χ0) is 20.7. The summed E-state index contributed by atoms with van der Waals surface area (Å²) in [5.41, 5.74) is 2.58. The molecule has 2 rings (SSSR count). The third-order valence-electron chi connectivity index (χ3n) is 4.37. The number of hydrogen-bond donors (Lipinski definition) is 1. The van der Waals surface area contributed by atoms with Gasteiger partial charge in [0.15, 0.2) is 0 Å². The van der Waals surface area contributed by atoms with Gasteiger partial charge in [-0.25, -0.2) is 8.42 Å². The predicted molar refractivity (Wildman–Crippen MR) is 112 cm³/mol. The van der Waals surface area contributed by atoms with Crippen LogP contribution in [0.4, 0.5) is 5.69 Å². The minimum atomic E-state index is -3.64. The molecule has 152 valence electrons. The van der Waals surface area contributed by atoms with E-state index < -0.39 is 10.0 Å². The van der Waals surface area contributed by atoms with Crippen LogP contribution >= 0.6 is 0 Å². The number of hydrogen-bond acceptors (Lipinski definition) is 4. The van der Waals surface area contributed by atoms with E-state index in [1.807, 2.05) is 38.1 Å². The van der Waals surface area contributed by atoms with E-state index in [9.17, 15) is 13.2 Å². The quantitative estimate of drug-likeness (QED) is 0.696. The van der Waals surface area contributed by atoms with E-state index in [1.165, 1.54) is 5.56 Å². The second kappa shape index (κ2) is 9.59. The molecule has 7 heteroatoms. The van der Waals surface area contributed by atoms with Crippen molar-refractivity contribution in [3.05, 3.63) is 59.7 Å². The number of nitrogens with zero attached hydrogens (tertiary/aromatic N) is 1. The van der Waals surface area contributed by atoms with Gasteiger partial charge in [-0.2, -0.15) is 0 Å². The van der Waals surface area contributed by atoms with Crippen molar-refractivity contribution in [1.82, 2.24) is 5.32 Å². The molecule has 0 aliphatic rings. The van der Waals surface area contributed by atoms with Gasteiger partial charge in [-0.05, 0) is 43.5 Å². The molecule has 0 aromatic heterocycles. The van der Waals surface area contributed by atoms with Crippen molar-refractivity contribution in [2.75, 3.05) is 23.7 Å². The highest BCUT2D eigenvalue weighted by molar-refractivity contribution is 7.92. The monoisotopic (exact) mass is 404 g/mol. The molecule has 0 bridgehead atoms. The van der Waals surface area contributed by atoms with Crippen LogP contribution in [-0.2, 0) is 21.2 Å². The summed E-state index contributed by atoms with van der Waals surface area (Å²) < 4.78 is 31.1. The molecule has 0 fully saturated rings. The molecule has 6 nitrogen and oxygen atoms in total. The summed E-state index contributed by atoms with van der Waals surface area (Å²) in [5, 5.41) is 2.87. The maximum absolute atomic E-state index is 12.5. The number of benzene rings is 2. The van der Waals surface area contributed by atoms with Crippen molar-refractivity contribution in [3.63, 3.8) is 0 Å². The molecule has 1 amide bonds. The van der Waals surface area contributed by atoms with Crippen molar-refractivity contribution < 1.29 is 17.9 Å². The first kappa shape index (κ1) is 21.8. The number of nitrogens with one attached hydrogen (secondary N) is 1. The van der Waals surface area contributed by atoms with Crippen LogP contribution in [0.1, 0.15) is 37.9 Å². The number of carbonyl (C=O) groups excluding carboxylic acids is 1. The van der Waals surface area contributed by atoms with Crippen molar-refractivity contribution in [1.29, 1.82) is 0 Å². The van der Waals surface area contributed by atoms with Crippen LogP contribution in [0.15, 0.2) is 48.5 Å². The second-order valence-electron chi connectivity index (χ2n) is 6.58. The largest absolute Gasteiger partial charge is 0.494 e. The summed E-state index contributed by atoms with van der Waals surface area (Å²) in [5.74, 6) is 0.178. The molecule has 0 unspecified atom stereocenters. The van der Waals surface area contributed by atoms with Crippen LogP contribution in [0, 0.1) is 0 Å². The van der Waals surface area contributed by atoms with Gasteiger partial charge in [-0.3, -0.25) is 9.10 Å². The second-order valence-corrected chi connectivity index (χ2v) is 8.49. The first-order valence-electron chi connectivity index (χ1n) is 9.33. The van der Waals surface area contributed by atoms with E-state index >= 15 is 0 Å². The van der Waals surface area contributed by atoms with Crippen LogP contribution in [-0.4, -0.2) is 33.7 Å². The van der Waals surface area contributed by atoms with Gasteiger partial charge in [0.25, 0.3) is 0 Å². The van der Waals surface area contributed by atoms with Crippen LogP contribution in [0.25, 0.3) is 0 Å². The lowest BCUT2D eigenvalue weighted by Gasteiger charge is -2.23. The number of carbonyl (C=O) groups is 1. The Balaban J connectivity index is 2.13. The van der Waals surface area contributed by atoms with Crippen molar-refractivity contribution in [2.45, 2.75) is 33.2 Å². The first-order chi connectivity index (χ1) is 13.2. The van der Waals surface area contributed by atoms with Crippen LogP contribution in [0.3, 0.4) is 0 Å². The third kappa shape index (κ3) is 5.99. The Hall–Kier alpha value is -2.54. The van der Waals surface area contributed by atoms with E-state index in [1.54, 1.807) is 24.3 Å². The van der Waals surface area contributed by atoms with E-state index in [-0.39, 0.29) is 18.5 Å². The molecule has 0 radical (unpaired) electrons. The average Bonchev–Trinajstić information content (AvgIpc) is 2.65. The highest BCUT2D eigenvalue weighted by atomic mass is 32.2. The van der Waals surface area contributed by atoms with E-state index in [4.69, 9.17) is 4.74 Å². The average molecular weight is 405 g/mol.